The van der Waals surface area contributed by atoms with Crippen LogP contribution in [0.25, 0.3) is 0 Å². The van der Waals surface area contributed by atoms with E-state index in [0.29, 0.717) is 22.2 Å². The molecule has 1 aliphatic carbocycles. The van der Waals surface area contributed by atoms with Crippen LogP contribution in [0.1, 0.15) is 12.8 Å². The average Bonchev–Trinajstić information content (AvgIpc) is 2.46. The summed E-state index contributed by atoms with van der Waals surface area (Å²) in [5.74, 6) is 0.676. The molecule has 1 aliphatic rings. The quantitative estimate of drug-likeness (QED) is 0.181. The molecular formula is C15H14I4NNaO4. The van der Waals surface area contributed by atoms with Gasteiger partial charge < -0.3 is 20.7 Å². The Labute approximate surface area is 222 Å². The number of phenolic OH excluding ortho intramolecular Hbond substituents is 1. The van der Waals surface area contributed by atoms with Crippen LogP contribution < -0.4 is 10.5 Å². The number of hydrogen-bond donors (Lipinski definition) is 3. The van der Waals surface area contributed by atoms with Crippen LogP contribution in [0.2, 0.25) is 0 Å². The number of aliphatic carboxylic acids is 1. The van der Waals surface area contributed by atoms with Gasteiger partial charge in [-0.15, -0.1) is 0 Å². The molecule has 1 aromatic rings. The monoisotopic (exact) mass is 803 g/mol. The molecule has 25 heavy (non-hydrogen) atoms. The third-order valence-electron chi connectivity index (χ3n) is 3.26. The van der Waals surface area contributed by atoms with Crippen LogP contribution in [0.5, 0.6) is 11.5 Å². The number of rotatable bonds is 5. The second-order valence-corrected chi connectivity index (χ2v) is 13.1. The number of phenols is 1. The van der Waals surface area contributed by atoms with E-state index in [9.17, 15) is 9.90 Å². The summed E-state index contributed by atoms with van der Waals surface area (Å²) in [6.45, 7) is 0. The average molecular weight is 803 g/mol. The van der Waals surface area contributed by atoms with E-state index < -0.39 is 13.4 Å². The summed E-state index contributed by atoms with van der Waals surface area (Å²) in [6, 6.07) is 4.19. The van der Waals surface area contributed by atoms with Crippen LogP contribution in [-0.4, -0.2) is 53.2 Å². The van der Waals surface area contributed by atoms with Crippen molar-refractivity contribution in [1.82, 2.24) is 0 Å². The summed E-state index contributed by atoms with van der Waals surface area (Å²) in [5.41, 5.74) is 6.64. The molecule has 1 atom stereocenters. The van der Waals surface area contributed by atoms with Crippen LogP contribution >= 0.6 is 90.4 Å². The molecule has 10 heteroatoms. The van der Waals surface area contributed by atoms with E-state index in [4.69, 9.17) is 15.6 Å². The number of carbonyl (C=O) groups is 1. The van der Waals surface area contributed by atoms with Gasteiger partial charge in [-0.05, 0) is 69.8 Å². The SMILES string of the molecule is N[C@@H](CC1=CC(I)(I)C(Oc2ccc(O)c(I)c2)=C(I)C1)C(=O)O.[NaH]. The Kier molecular flexibility index (Phi) is 10.3. The van der Waals surface area contributed by atoms with Crippen LogP contribution in [0.4, 0.5) is 0 Å². The zero-order valence-electron chi connectivity index (χ0n) is 12.1. The number of aromatic hydroxyl groups is 1. The Morgan fingerprint density at radius 2 is 2.00 bits per heavy atom. The Bertz CT molecular complexity index is 736. The van der Waals surface area contributed by atoms with E-state index in [-0.39, 0.29) is 35.3 Å². The first kappa shape index (κ1) is 24.7. The molecule has 0 radical (unpaired) electrons. The minimum absolute atomic E-state index is 0. The van der Waals surface area contributed by atoms with Crippen molar-refractivity contribution in [2.45, 2.75) is 20.3 Å². The zero-order chi connectivity index (χ0) is 18.1. The molecule has 0 aliphatic heterocycles. The van der Waals surface area contributed by atoms with Gasteiger partial charge in [0.15, 0.2) is 0 Å². The van der Waals surface area contributed by atoms with E-state index in [0.717, 1.165) is 14.9 Å². The number of benzene rings is 1. The molecule has 0 unspecified atom stereocenters. The second-order valence-electron chi connectivity index (χ2n) is 5.20. The summed E-state index contributed by atoms with van der Waals surface area (Å²) in [5, 5.41) is 18.6. The summed E-state index contributed by atoms with van der Waals surface area (Å²) < 4.78 is 7.36. The maximum absolute atomic E-state index is 11.0. The van der Waals surface area contributed by atoms with E-state index in [2.05, 4.69) is 67.8 Å². The van der Waals surface area contributed by atoms with Gasteiger partial charge in [0.1, 0.15) is 24.7 Å². The van der Waals surface area contributed by atoms with Crippen molar-refractivity contribution in [2.75, 3.05) is 0 Å². The number of ether oxygens (including phenoxy) is 1. The number of carboxylic acids is 1. The normalized spacial score (nSPS) is 17.4. The fourth-order valence-electron chi connectivity index (χ4n) is 2.13. The molecule has 1 aromatic carbocycles. The van der Waals surface area contributed by atoms with E-state index in [1.807, 2.05) is 28.7 Å². The summed E-state index contributed by atoms with van der Waals surface area (Å²) in [7, 11) is 0. The molecule has 0 aromatic heterocycles. The molecule has 0 heterocycles. The minimum atomic E-state index is -0.997. The van der Waals surface area contributed by atoms with Crippen molar-refractivity contribution >= 4 is 126 Å². The zero-order valence-corrected chi connectivity index (χ0v) is 20.7. The van der Waals surface area contributed by atoms with E-state index >= 15 is 0 Å². The second kappa shape index (κ2) is 10.4. The molecule has 0 bridgehead atoms. The Morgan fingerprint density at radius 1 is 1.36 bits per heavy atom. The number of alkyl halides is 2. The molecular weight excluding hydrogens is 789 g/mol. The number of allylic oxidation sites excluding steroid dienone is 2. The van der Waals surface area contributed by atoms with Crippen molar-refractivity contribution in [1.29, 1.82) is 0 Å². The molecule has 5 nitrogen and oxygen atoms in total. The third-order valence-corrected chi connectivity index (χ3v) is 6.59. The van der Waals surface area contributed by atoms with Gasteiger partial charge in [-0.2, -0.15) is 0 Å². The van der Waals surface area contributed by atoms with Gasteiger partial charge in [0.25, 0.3) is 0 Å². The molecule has 0 saturated carbocycles. The molecule has 0 saturated heterocycles. The summed E-state index contributed by atoms with van der Waals surface area (Å²) >= 11 is 8.82. The van der Waals surface area contributed by atoms with E-state index in [1.54, 1.807) is 18.2 Å². The van der Waals surface area contributed by atoms with Gasteiger partial charge in [-0.3, -0.25) is 4.79 Å². The third kappa shape index (κ3) is 6.88. The number of halogens is 4. The van der Waals surface area contributed by atoms with Crippen LogP contribution in [-0.2, 0) is 4.79 Å². The van der Waals surface area contributed by atoms with Crippen molar-refractivity contribution in [3.8, 4) is 11.5 Å². The number of hydrogen-bond acceptors (Lipinski definition) is 4. The van der Waals surface area contributed by atoms with Crippen LogP contribution in [0, 0.1) is 3.57 Å². The molecule has 0 amide bonds. The Balaban J connectivity index is 0.00000312. The predicted molar refractivity (Wildman–Crippen MR) is 133 cm³/mol. The molecule has 4 N–H and O–H groups in total. The van der Waals surface area contributed by atoms with Gasteiger partial charge in [-0.1, -0.05) is 56.8 Å². The molecule has 2 rings (SSSR count). The summed E-state index contributed by atoms with van der Waals surface area (Å²) in [6.07, 6.45) is 2.96. The summed E-state index contributed by atoms with van der Waals surface area (Å²) in [4.78, 5) is 11.0. The first-order valence-electron chi connectivity index (χ1n) is 6.72. The standard InChI is InChI=1S/C15H13I4NO4.Na.H/c16-9-5-8(1-2-12(9)21)24-13-10(17)3-7(6-15(13,18)19)4-11(20)14(22)23;;/h1-2,5-6,11,21H,3-4,20H2,(H,22,23);;/t11-;;/m0../s1. The Hall–Kier alpha value is 1.65. The molecule has 0 fully saturated rings. The van der Waals surface area contributed by atoms with Crippen molar-refractivity contribution in [3.63, 3.8) is 0 Å². The van der Waals surface area contributed by atoms with Crippen molar-refractivity contribution in [2.24, 2.45) is 5.73 Å². The van der Waals surface area contributed by atoms with Gasteiger partial charge in [0, 0.05) is 10.0 Å². The topological polar surface area (TPSA) is 92.8 Å². The van der Waals surface area contributed by atoms with Crippen molar-refractivity contribution < 1.29 is 19.7 Å². The van der Waals surface area contributed by atoms with Crippen LogP contribution in [0.15, 0.2) is 39.2 Å². The number of nitrogens with two attached hydrogens (primary N) is 1. The number of carboxylic acid groups (broad SMARTS) is 1. The van der Waals surface area contributed by atoms with E-state index in [1.165, 1.54) is 0 Å². The van der Waals surface area contributed by atoms with Crippen LogP contribution in [0.3, 0.4) is 0 Å². The molecule has 132 valence electrons. The van der Waals surface area contributed by atoms with Gasteiger partial charge in [0.2, 0.25) is 0 Å². The Morgan fingerprint density at radius 3 is 2.52 bits per heavy atom. The van der Waals surface area contributed by atoms with Gasteiger partial charge in [0.05, 0.1) is 3.57 Å². The first-order chi connectivity index (χ1) is 11.1. The van der Waals surface area contributed by atoms with Crippen molar-refractivity contribution in [3.05, 3.63) is 42.8 Å². The first-order valence-corrected chi connectivity index (χ1v) is 11.0. The molecule has 0 spiro atoms. The van der Waals surface area contributed by atoms with Gasteiger partial charge >= 0.3 is 35.5 Å². The fourth-order valence-corrected chi connectivity index (χ4v) is 6.42. The predicted octanol–water partition coefficient (Wildman–Crippen LogP) is 4.07. The van der Waals surface area contributed by atoms with Gasteiger partial charge in [-0.25, -0.2) is 0 Å². The fraction of sp³-hybridized carbons (Fsp3) is 0.267. The maximum atomic E-state index is 11.0.